The van der Waals surface area contributed by atoms with Gasteiger partial charge in [0.25, 0.3) is 0 Å². The molecule has 1 aromatic heterocycles. The van der Waals surface area contributed by atoms with E-state index in [1.54, 1.807) is 12.1 Å². The van der Waals surface area contributed by atoms with E-state index in [2.05, 4.69) is 22.3 Å². The number of ether oxygens (including phenoxy) is 1. The maximum Gasteiger partial charge on any atom is 0.339 e. The third-order valence-electron chi connectivity index (χ3n) is 8.12. The van der Waals surface area contributed by atoms with E-state index in [1.807, 2.05) is 54.6 Å². The molecule has 0 spiro atoms. The molecule has 1 N–H and O–H groups in total. The van der Waals surface area contributed by atoms with Crippen molar-refractivity contribution >= 4 is 50.1 Å². The van der Waals surface area contributed by atoms with Crippen molar-refractivity contribution in [2.45, 2.75) is 29.6 Å². The summed E-state index contributed by atoms with van der Waals surface area (Å²) in [4.78, 5) is 12.2. The fraction of sp³-hybridized carbons (Fsp3) is 0.212. The number of hydrogen-bond donors (Lipinski definition) is 1. The Kier molecular flexibility index (Phi) is 8.29. The minimum absolute atomic E-state index is 0.0348. The first-order valence-electron chi connectivity index (χ1n) is 13.9. The topological polar surface area (TPSA) is 92.4 Å². The third kappa shape index (κ3) is 5.80. The second kappa shape index (κ2) is 12.1. The molecule has 0 amide bonds. The molecule has 1 aliphatic rings. The molecule has 10 heteroatoms. The van der Waals surface area contributed by atoms with Crippen LogP contribution >= 0.6 is 23.2 Å². The number of nitrogens with one attached hydrogen (secondary N) is 1. The van der Waals surface area contributed by atoms with Crippen molar-refractivity contribution in [1.29, 1.82) is 0 Å². The van der Waals surface area contributed by atoms with Gasteiger partial charge in [-0.05, 0) is 78.1 Å². The standard InChI is InChI=1S/C33H29Cl2N3O4S/c1-42-33(39)27-4-2-3-5-30(27)43(40,41)38-18-16-23(17-19-38)32-28-20-24(10-15-29(28)36-37-32)31(21-6-11-25(34)12-7-21)22-8-13-26(35)14-9-22/h2-15,20,23,31H,16-19H2,1H3,(H,36,37). The van der Waals surface area contributed by atoms with E-state index in [0.29, 0.717) is 36.0 Å². The molecule has 5 aromatic rings. The number of methoxy groups -OCH3 is 1. The zero-order valence-electron chi connectivity index (χ0n) is 23.3. The molecule has 43 heavy (non-hydrogen) atoms. The summed E-state index contributed by atoms with van der Waals surface area (Å²) in [5, 5.41) is 10.2. The third-order valence-corrected chi connectivity index (χ3v) is 10.6. The Morgan fingerprint density at radius 3 is 2.07 bits per heavy atom. The Bertz CT molecular complexity index is 1840. The summed E-state index contributed by atoms with van der Waals surface area (Å²) in [5.41, 5.74) is 5.18. The smallest absolute Gasteiger partial charge is 0.339 e. The number of hydrogen-bond acceptors (Lipinski definition) is 5. The highest BCUT2D eigenvalue weighted by Gasteiger charge is 2.34. The second-order valence-corrected chi connectivity index (χ2v) is 13.4. The van der Waals surface area contributed by atoms with Gasteiger partial charge in [0.15, 0.2) is 0 Å². The number of sulfonamides is 1. The largest absolute Gasteiger partial charge is 0.465 e. The van der Waals surface area contributed by atoms with Crippen LogP contribution in [0.15, 0.2) is 95.9 Å². The van der Waals surface area contributed by atoms with Gasteiger partial charge in [-0.1, -0.05) is 65.7 Å². The lowest BCUT2D eigenvalue weighted by Crippen LogP contribution is -2.38. The van der Waals surface area contributed by atoms with Crippen molar-refractivity contribution in [3.63, 3.8) is 0 Å². The summed E-state index contributed by atoms with van der Waals surface area (Å²) in [5.74, 6) is -0.639. The van der Waals surface area contributed by atoms with Crippen molar-refractivity contribution in [2.24, 2.45) is 0 Å². The minimum atomic E-state index is -3.88. The number of piperidine rings is 1. The summed E-state index contributed by atoms with van der Waals surface area (Å²) in [7, 11) is -2.64. The van der Waals surface area contributed by atoms with E-state index in [4.69, 9.17) is 27.9 Å². The van der Waals surface area contributed by atoms with Gasteiger partial charge in [-0.15, -0.1) is 0 Å². The lowest BCUT2D eigenvalue weighted by atomic mass is 9.84. The molecule has 1 aliphatic heterocycles. The summed E-state index contributed by atoms with van der Waals surface area (Å²) in [6.07, 6.45) is 1.22. The maximum atomic E-state index is 13.5. The molecule has 0 bridgehead atoms. The van der Waals surface area contributed by atoms with Crippen LogP contribution in [0.4, 0.5) is 0 Å². The van der Waals surface area contributed by atoms with Gasteiger partial charge in [0.2, 0.25) is 10.0 Å². The number of aromatic amines is 1. The average Bonchev–Trinajstić information content (AvgIpc) is 3.46. The number of H-pyrrole nitrogens is 1. The lowest BCUT2D eigenvalue weighted by molar-refractivity contribution is 0.0596. The molecule has 1 fully saturated rings. The van der Waals surface area contributed by atoms with Gasteiger partial charge in [0.05, 0.1) is 23.1 Å². The van der Waals surface area contributed by atoms with E-state index in [1.165, 1.54) is 23.5 Å². The number of benzene rings is 4. The van der Waals surface area contributed by atoms with Crippen molar-refractivity contribution in [3.05, 3.63) is 129 Å². The molecule has 220 valence electrons. The summed E-state index contributed by atoms with van der Waals surface area (Å²) < 4.78 is 33.4. The van der Waals surface area contributed by atoms with Crippen LogP contribution in [-0.4, -0.2) is 49.1 Å². The van der Waals surface area contributed by atoms with Crippen LogP contribution in [0.5, 0.6) is 0 Å². The van der Waals surface area contributed by atoms with Crippen LogP contribution in [0.25, 0.3) is 10.9 Å². The number of nitrogens with zero attached hydrogens (tertiary/aromatic N) is 2. The van der Waals surface area contributed by atoms with E-state index in [9.17, 15) is 13.2 Å². The first kappa shape index (κ1) is 29.4. The number of esters is 1. The highest BCUT2D eigenvalue weighted by atomic mass is 35.5. The first-order valence-corrected chi connectivity index (χ1v) is 16.1. The SMILES string of the molecule is COC(=O)c1ccccc1S(=O)(=O)N1CCC(c2[nH]nc3ccc(C(c4ccc(Cl)cc4)c4ccc(Cl)cc4)cc23)CC1. The highest BCUT2D eigenvalue weighted by Crippen LogP contribution is 2.38. The van der Waals surface area contributed by atoms with Gasteiger partial charge in [-0.2, -0.15) is 9.40 Å². The van der Waals surface area contributed by atoms with Gasteiger partial charge in [0, 0.05) is 46.1 Å². The fourth-order valence-electron chi connectivity index (χ4n) is 5.92. The Balaban J connectivity index is 1.29. The molecule has 4 aromatic carbocycles. The van der Waals surface area contributed by atoms with Crippen LogP contribution in [0, 0.1) is 0 Å². The quantitative estimate of drug-likeness (QED) is 0.149. The van der Waals surface area contributed by atoms with Crippen LogP contribution in [0.2, 0.25) is 10.0 Å². The number of carbonyl (C=O) groups is 1. The Morgan fingerprint density at radius 1 is 0.884 bits per heavy atom. The Hall–Kier alpha value is -3.69. The summed E-state index contributed by atoms with van der Waals surface area (Å²) >= 11 is 12.4. The number of aromatic nitrogens is 2. The molecule has 1 saturated heterocycles. The number of rotatable bonds is 7. The number of fused-ring (bicyclic) bond motifs is 1. The van der Waals surface area contributed by atoms with Gasteiger partial charge >= 0.3 is 5.97 Å². The minimum Gasteiger partial charge on any atom is -0.465 e. The molecule has 7 nitrogen and oxygen atoms in total. The van der Waals surface area contributed by atoms with E-state index in [0.717, 1.165) is 33.3 Å². The normalized spacial score (nSPS) is 14.8. The average molecular weight is 635 g/mol. The van der Waals surface area contributed by atoms with Crippen LogP contribution in [0.3, 0.4) is 0 Å². The van der Waals surface area contributed by atoms with Crippen molar-refractivity contribution in [2.75, 3.05) is 20.2 Å². The van der Waals surface area contributed by atoms with Crippen LogP contribution < -0.4 is 0 Å². The molecule has 6 rings (SSSR count). The van der Waals surface area contributed by atoms with Crippen molar-refractivity contribution in [1.82, 2.24) is 14.5 Å². The van der Waals surface area contributed by atoms with Gasteiger partial charge in [0.1, 0.15) is 0 Å². The second-order valence-electron chi connectivity index (χ2n) is 10.6. The Labute approximate surface area is 260 Å². The zero-order valence-corrected chi connectivity index (χ0v) is 25.7. The summed E-state index contributed by atoms with van der Waals surface area (Å²) in [6.45, 7) is 0.641. The van der Waals surface area contributed by atoms with Gasteiger partial charge in [-0.3, -0.25) is 5.10 Å². The lowest BCUT2D eigenvalue weighted by Gasteiger charge is -2.31. The predicted molar refractivity (Wildman–Crippen MR) is 168 cm³/mol. The summed E-state index contributed by atoms with van der Waals surface area (Å²) in [6, 6.07) is 28.2. The Morgan fingerprint density at radius 2 is 1.47 bits per heavy atom. The molecule has 2 heterocycles. The maximum absolute atomic E-state index is 13.5. The molecular weight excluding hydrogens is 605 g/mol. The van der Waals surface area contributed by atoms with E-state index >= 15 is 0 Å². The molecule has 0 saturated carbocycles. The number of halogens is 2. The predicted octanol–water partition coefficient (Wildman–Crippen LogP) is 7.40. The van der Waals surface area contributed by atoms with Crippen molar-refractivity contribution < 1.29 is 17.9 Å². The zero-order chi connectivity index (χ0) is 30.1. The van der Waals surface area contributed by atoms with Gasteiger partial charge in [-0.25, -0.2) is 13.2 Å². The monoisotopic (exact) mass is 633 g/mol. The molecule has 0 aliphatic carbocycles. The van der Waals surface area contributed by atoms with E-state index in [-0.39, 0.29) is 22.3 Å². The first-order chi connectivity index (χ1) is 20.8. The molecular formula is C33H29Cl2N3O4S. The van der Waals surface area contributed by atoms with Crippen LogP contribution in [0.1, 0.15) is 57.4 Å². The molecule has 0 radical (unpaired) electrons. The molecule has 0 atom stereocenters. The van der Waals surface area contributed by atoms with Crippen LogP contribution in [-0.2, 0) is 14.8 Å². The van der Waals surface area contributed by atoms with E-state index < -0.39 is 16.0 Å². The molecule has 0 unspecified atom stereocenters. The fourth-order valence-corrected chi connectivity index (χ4v) is 7.82. The number of carbonyl (C=O) groups excluding carboxylic acids is 1. The van der Waals surface area contributed by atoms with Crippen molar-refractivity contribution in [3.8, 4) is 0 Å². The van der Waals surface area contributed by atoms with Gasteiger partial charge < -0.3 is 4.74 Å². The highest BCUT2D eigenvalue weighted by molar-refractivity contribution is 7.89.